The zero-order valence-corrected chi connectivity index (χ0v) is 11.2. The Kier molecular flexibility index (Phi) is 3.25. The second-order valence-corrected chi connectivity index (χ2v) is 5.26. The van der Waals surface area contributed by atoms with E-state index in [1.165, 1.54) is 22.2 Å². The Morgan fingerprint density at radius 1 is 1.24 bits per heavy atom. The van der Waals surface area contributed by atoms with Crippen LogP contribution in [0.2, 0.25) is 0 Å². The van der Waals surface area contributed by atoms with Gasteiger partial charge in [-0.1, -0.05) is 32.0 Å². The average Bonchev–Trinajstić information content (AvgIpc) is 2.55. The number of nitrogens with two attached hydrogens (primary N) is 1. The Balaban J connectivity index is 2.47. The minimum atomic E-state index is 0.233. The monoisotopic (exact) mass is 230 g/mol. The lowest BCUT2D eigenvalue weighted by molar-refractivity contribution is 0.481. The van der Waals surface area contributed by atoms with Gasteiger partial charge in [0.1, 0.15) is 0 Å². The van der Waals surface area contributed by atoms with E-state index >= 15 is 0 Å². The highest BCUT2D eigenvalue weighted by Crippen LogP contribution is 2.25. The molecule has 0 radical (unpaired) electrons. The molecule has 0 aliphatic heterocycles. The first-order valence-corrected chi connectivity index (χ1v) is 6.30. The van der Waals surface area contributed by atoms with Crippen LogP contribution >= 0.6 is 0 Å². The van der Waals surface area contributed by atoms with Crippen molar-refractivity contribution in [2.75, 3.05) is 0 Å². The lowest BCUT2D eigenvalue weighted by Crippen LogP contribution is -2.29. The summed E-state index contributed by atoms with van der Waals surface area (Å²) in [6, 6.07) is 8.79. The van der Waals surface area contributed by atoms with Crippen LogP contribution in [-0.4, -0.2) is 10.6 Å². The minimum absolute atomic E-state index is 0.233. The molecule has 1 aromatic heterocycles. The molecule has 0 amide bonds. The molecular formula is C15H22N2. The molecule has 2 nitrogen and oxygen atoms in total. The van der Waals surface area contributed by atoms with Gasteiger partial charge in [-0.3, -0.25) is 0 Å². The quantitative estimate of drug-likeness (QED) is 0.863. The van der Waals surface area contributed by atoms with E-state index in [4.69, 9.17) is 5.73 Å². The van der Waals surface area contributed by atoms with E-state index in [0.717, 1.165) is 6.42 Å². The lowest BCUT2D eigenvalue weighted by atomic mass is 9.98. The van der Waals surface area contributed by atoms with Crippen LogP contribution in [0.5, 0.6) is 0 Å². The van der Waals surface area contributed by atoms with Crippen molar-refractivity contribution in [1.82, 2.24) is 4.57 Å². The third-order valence-electron chi connectivity index (χ3n) is 3.79. The van der Waals surface area contributed by atoms with Crippen LogP contribution in [-0.2, 0) is 13.5 Å². The summed E-state index contributed by atoms with van der Waals surface area (Å²) >= 11 is 0. The fourth-order valence-electron chi connectivity index (χ4n) is 2.38. The normalized spacial score (nSPS) is 13.5. The zero-order valence-electron chi connectivity index (χ0n) is 11.2. The standard InChI is InChI=1S/C15H22N2/c1-10(2)13(16)9-15-11(3)12-7-5-6-8-14(12)17(15)4/h5-8,10,13H,9,16H2,1-4H3. The van der Waals surface area contributed by atoms with Gasteiger partial charge >= 0.3 is 0 Å². The minimum Gasteiger partial charge on any atom is -0.347 e. The number of aryl methyl sites for hydroxylation is 2. The summed E-state index contributed by atoms with van der Waals surface area (Å²) in [6.45, 7) is 6.57. The number of rotatable bonds is 3. The summed E-state index contributed by atoms with van der Waals surface area (Å²) in [6.07, 6.45) is 0.953. The number of benzene rings is 1. The fourth-order valence-corrected chi connectivity index (χ4v) is 2.38. The Labute approximate surface area is 103 Å². The number of hydrogen-bond acceptors (Lipinski definition) is 1. The van der Waals surface area contributed by atoms with E-state index in [9.17, 15) is 0 Å². The summed E-state index contributed by atoms with van der Waals surface area (Å²) in [5.41, 5.74) is 10.2. The third-order valence-corrected chi connectivity index (χ3v) is 3.79. The van der Waals surface area contributed by atoms with Gasteiger partial charge in [-0.25, -0.2) is 0 Å². The smallest absolute Gasteiger partial charge is 0.0482 e. The molecule has 0 spiro atoms. The second-order valence-electron chi connectivity index (χ2n) is 5.26. The first kappa shape index (κ1) is 12.2. The van der Waals surface area contributed by atoms with Crippen LogP contribution in [0.25, 0.3) is 10.9 Å². The maximum absolute atomic E-state index is 6.19. The zero-order chi connectivity index (χ0) is 12.6. The third kappa shape index (κ3) is 2.09. The summed E-state index contributed by atoms with van der Waals surface area (Å²) in [5, 5.41) is 1.35. The van der Waals surface area contributed by atoms with Gasteiger partial charge in [-0.15, -0.1) is 0 Å². The molecule has 2 heteroatoms. The van der Waals surface area contributed by atoms with Gasteiger partial charge in [0.15, 0.2) is 0 Å². The van der Waals surface area contributed by atoms with Crippen molar-refractivity contribution in [3.8, 4) is 0 Å². The lowest BCUT2D eigenvalue weighted by Gasteiger charge is -2.16. The predicted octanol–water partition coefficient (Wildman–Crippen LogP) is 3.01. The van der Waals surface area contributed by atoms with E-state index in [1.807, 2.05) is 0 Å². The molecule has 0 fully saturated rings. The molecule has 2 rings (SSSR count). The number of nitrogens with zero attached hydrogens (tertiary/aromatic N) is 1. The average molecular weight is 230 g/mol. The molecule has 0 aliphatic rings. The Bertz CT molecular complexity index is 484. The van der Waals surface area contributed by atoms with Crippen molar-refractivity contribution in [2.45, 2.75) is 33.2 Å². The summed E-state index contributed by atoms with van der Waals surface area (Å²) in [4.78, 5) is 0. The summed E-state index contributed by atoms with van der Waals surface area (Å²) in [7, 11) is 2.14. The molecule has 1 atom stereocenters. The number of para-hydroxylation sites is 1. The van der Waals surface area contributed by atoms with Gasteiger partial charge < -0.3 is 10.3 Å². The largest absolute Gasteiger partial charge is 0.347 e. The molecule has 2 N–H and O–H groups in total. The van der Waals surface area contributed by atoms with Gasteiger partial charge in [-0.05, 0) is 24.5 Å². The van der Waals surface area contributed by atoms with Crippen LogP contribution in [0.1, 0.15) is 25.1 Å². The van der Waals surface area contributed by atoms with Gasteiger partial charge in [0.25, 0.3) is 0 Å². The molecular weight excluding hydrogens is 208 g/mol. The maximum Gasteiger partial charge on any atom is 0.0482 e. The van der Waals surface area contributed by atoms with Crippen LogP contribution in [0.4, 0.5) is 0 Å². The Morgan fingerprint density at radius 2 is 1.88 bits per heavy atom. The van der Waals surface area contributed by atoms with Crippen molar-refractivity contribution in [1.29, 1.82) is 0 Å². The van der Waals surface area contributed by atoms with Gasteiger partial charge in [0.2, 0.25) is 0 Å². The molecule has 0 saturated heterocycles. The van der Waals surface area contributed by atoms with Crippen molar-refractivity contribution in [2.24, 2.45) is 18.7 Å². The highest BCUT2D eigenvalue weighted by atomic mass is 15.0. The molecule has 1 unspecified atom stereocenters. The Hall–Kier alpha value is -1.28. The summed E-state index contributed by atoms with van der Waals surface area (Å²) in [5.74, 6) is 0.521. The van der Waals surface area contributed by atoms with Crippen molar-refractivity contribution < 1.29 is 0 Å². The molecule has 0 aliphatic carbocycles. The maximum atomic E-state index is 6.19. The van der Waals surface area contributed by atoms with Crippen LogP contribution in [0.3, 0.4) is 0 Å². The van der Waals surface area contributed by atoms with Crippen molar-refractivity contribution in [3.05, 3.63) is 35.5 Å². The number of aromatic nitrogens is 1. The van der Waals surface area contributed by atoms with Gasteiger partial charge in [-0.2, -0.15) is 0 Å². The van der Waals surface area contributed by atoms with E-state index in [1.54, 1.807) is 0 Å². The molecule has 2 aromatic rings. The highest BCUT2D eigenvalue weighted by Gasteiger charge is 2.15. The molecule has 0 saturated carbocycles. The van der Waals surface area contributed by atoms with E-state index in [0.29, 0.717) is 5.92 Å². The summed E-state index contributed by atoms with van der Waals surface area (Å²) < 4.78 is 2.28. The van der Waals surface area contributed by atoms with E-state index in [2.05, 4.69) is 56.7 Å². The van der Waals surface area contributed by atoms with Crippen LogP contribution in [0, 0.1) is 12.8 Å². The van der Waals surface area contributed by atoms with Crippen molar-refractivity contribution >= 4 is 10.9 Å². The highest BCUT2D eigenvalue weighted by molar-refractivity contribution is 5.85. The van der Waals surface area contributed by atoms with Gasteiger partial charge in [0.05, 0.1) is 0 Å². The SMILES string of the molecule is Cc1c(CC(N)C(C)C)n(C)c2ccccc12. The van der Waals surface area contributed by atoms with Crippen LogP contribution < -0.4 is 5.73 Å². The number of hydrogen-bond donors (Lipinski definition) is 1. The number of fused-ring (bicyclic) bond motifs is 1. The van der Waals surface area contributed by atoms with E-state index < -0.39 is 0 Å². The molecule has 0 bridgehead atoms. The second kappa shape index (κ2) is 4.53. The Morgan fingerprint density at radius 3 is 2.47 bits per heavy atom. The molecule has 17 heavy (non-hydrogen) atoms. The first-order chi connectivity index (χ1) is 8.02. The molecule has 1 heterocycles. The topological polar surface area (TPSA) is 30.9 Å². The van der Waals surface area contributed by atoms with Gasteiger partial charge in [0, 0.05) is 36.1 Å². The first-order valence-electron chi connectivity index (χ1n) is 6.30. The predicted molar refractivity (Wildman–Crippen MR) is 74.2 cm³/mol. The van der Waals surface area contributed by atoms with E-state index in [-0.39, 0.29) is 6.04 Å². The fraction of sp³-hybridized carbons (Fsp3) is 0.467. The molecule has 1 aromatic carbocycles. The van der Waals surface area contributed by atoms with Crippen molar-refractivity contribution in [3.63, 3.8) is 0 Å². The molecule has 92 valence electrons. The van der Waals surface area contributed by atoms with Crippen LogP contribution in [0.15, 0.2) is 24.3 Å².